The van der Waals surface area contributed by atoms with E-state index in [9.17, 15) is 19.7 Å². The van der Waals surface area contributed by atoms with E-state index in [1.807, 2.05) is 0 Å². The first kappa shape index (κ1) is 12.2. The molecule has 1 aromatic rings. The van der Waals surface area contributed by atoms with Crippen LogP contribution in [0, 0.1) is 10.1 Å². The van der Waals surface area contributed by atoms with Crippen LogP contribution in [-0.4, -0.2) is 28.6 Å². The van der Waals surface area contributed by atoms with E-state index in [1.54, 1.807) is 19.9 Å². The Hall–Kier alpha value is -2.24. The molecule has 0 saturated carbocycles. The Balaban J connectivity index is 2.54. The minimum absolute atomic E-state index is 0.0258. The molecule has 0 radical (unpaired) electrons. The Bertz CT molecular complexity index is 549. The number of carbonyl (C=O) groups excluding carboxylic acids is 2. The van der Waals surface area contributed by atoms with Crippen molar-refractivity contribution in [3.8, 4) is 5.75 Å². The van der Waals surface area contributed by atoms with Crippen molar-refractivity contribution < 1.29 is 19.2 Å². The van der Waals surface area contributed by atoms with Crippen LogP contribution in [0.5, 0.6) is 5.75 Å². The average molecular weight is 249 g/mol. The van der Waals surface area contributed by atoms with Crippen molar-refractivity contribution in [3.63, 3.8) is 0 Å². The second-order valence-electron chi connectivity index (χ2n) is 4.26. The van der Waals surface area contributed by atoms with Gasteiger partial charge in [0.15, 0.2) is 0 Å². The number of rotatable bonds is 3. The first-order valence-electron chi connectivity index (χ1n) is 5.45. The first-order valence-corrected chi connectivity index (χ1v) is 5.45. The lowest BCUT2D eigenvalue weighted by molar-refractivity contribution is -0.488. The minimum atomic E-state index is -1.82. The van der Waals surface area contributed by atoms with Crippen LogP contribution in [0.3, 0.4) is 0 Å². The Kier molecular flexibility index (Phi) is 2.86. The van der Waals surface area contributed by atoms with Gasteiger partial charge < -0.3 is 4.74 Å². The Morgan fingerprint density at radius 2 is 1.94 bits per heavy atom. The molecule has 0 N–H and O–H groups in total. The third kappa shape index (κ3) is 1.75. The smallest absolute Gasteiger partial charge is 0.336 e. The second kappa shape index (κ2) is 4.21. The molecule has 6 heteroatoms. The number of ketones is 2. The van der Waals surface area contributed by atoms with Gasteiger partial charge in [-0.1, -0.05) is 12.1 Å². The molecule has 94 valence electrons. The van der Waals surface area contributed by atoms with Crippen molar-refractivity contribution in [2.75, 3.05) is 0 Å². The van der Waals surface area contributed by atoms with E-state index in [2.05, 4.69) is 0 Å². The average Bonchev–Trinajstić information content (AvgIpc) is 2.51. The van der Waals surface area contributed by atoms with Gasteiger partial charge in [-0.25, -0.2) is 0 Å². The predicted molar refractivity (Wildman–Crippen MR) is 61.6 cm³/mol. The van der Waals surface area contributed by atoms with Crippen molar-refractivity contribution in [3.05, 3.63) is 39.4 Å². The van der Waals surface area contributed by atoms with Gasteiger partial charge in [-0.2, -0.15) is 0 Å². The monoisotopic (exact) mass is 249 g/mol. The van der Waals surface area contributed by atoms with Crippen molar-refractivity contribution in [2.24, 2.45) is 0 Å². The van der Waals surface area contributed by atoms with Crippen molar-refractivity contribution in [2.45, 2.75) is 26.0 Å². The molecule has 6 nitrogen and oxygen atoms in total. The summed E-state index contributed by atoms with van der Waals surface area (Å²) in [7, 11) is 0. The van der Waals surface area contributed by atoms with Crippen molar-refractivity contribution >= 4 is 11.6 Å². The zero-order chi connectivity index (χ0) is 13.4. The molecule has 0 heterocycles. The Labute approximate surface area is 103 Å². The van der Waals surface area contributed by atoms with Crippen molar-refractivity contribution in [1.82, 2.24) is 0 Å². The summed E-state index contributed by atoms with van der Waals surface area (Å²) in [6.07, 6.45) is -0.186. The number of fused-ring (bicyclic) bond motifs is 1. The van der Waals surface area contributed by atoms with Crippen LogP contribution in [0.1, 0.15) is 34.6 Å². The van der Waals surface area contributed by atoms with Crippen molar-refractivity contribution in [1.29, 1.82) is 0 Å². The standard InChI is InChI=1S/C12H11NO5/c1-6(2)18-8-5-3-4-7-9(8)12(15)10(11(7)14)13(16)17/h3-6,10H,1-2H3. The molecule has 0 aliphatic heterocycles. The van der Waals surface area contributed by atoms with Crippen LogP contribution < -0.4 is 4.74 Å². The van der Waals surface area contributed by atoms with Gasteiger partial charge in [-0.3, -0.25) is 19.7 Å². The summed E-state index contributed by atoms with van der Waals surface area (Å²) < 4.78 is 5.41. The van der Waals surface area contributed by atoms with Gasteiger partial charge in [-0.15, -0.1) is 0 Å². The largest absolute Gasteiger partial charge is 0.490 e. The Morgan fingerprint density at radius 3 is 2.50 bits per heavy atom. The van der Waals surface area contributed by atoms with E-state index in [0.717, 1.165) is 0 Å². The lowest BCUT2D eigenvalue weighted by Crippen LogP contribution is -2.31. The number of nitrogens with zero attached hydrogens (tertiary/aromatic N) is 1. The van der Waals surface area contributed by atoms with E-state index in [4.69, 9.17) is 4.74 Å². The summed E-state index contributed by atoms with van der Waals surface area (Å²) >= 11 is 0. The molecule has 0 aromatic heterocycles. The SMILES string of the molecule is CC(C)Oc1cccc2c1C(=O)C([N+](=O)[O-])C2=O. The van der Waals surface area contributed by atoms with Gasteiger partial charge in [0.25, 0.3) is 0 Å². The van der Waals surface area contributed by atoms with Crippen LogP contribution in [0.15, 0.2) is 18.2 Å². The maximum Gasteiger partial charge on any atom is 0.336 e. The molecule has 0 saturated heterocycles. The lowest BCUT2D eigenvalue weighted by atomic mass is 10.1. The number of benzene rings is 1. The van der Waals surface area contributed by atoms with Gasteiger partial charge >= 0.3 is 6.04 Å². The summed E-state index contributed by atoms with van der Waals surface area (Å²) in [5.74, 6) is -1.34. The van der Waals surface area contributed by atoms with E-state index in [0.29, 0.717) is 0 Å². The maximum absolute atomic E-state index is 11.9. The maximum atomic E-state index is 11.9. The fraction of sp³-hybridized carbons (Fsp3) is 0.333. The first-order chi connectivity index (χ1) is 8.43. The zero-order valence-electron chi connectivity index (χ0n) is 9.88. The lowest BCUT2D eigenvalue weighted by Gasteiger charge is -2.11. The molecule has 1 aliphatic carbocycles. The molecular formula is C12H11NO5. The molecule has 1 aliphatic rings. The van der Waals surface area contributed by atoms with Gasteiger partial charge in [0.2, 0.25) is 11.6 Å². The zero-order valence-corrected chi connectivity index (χ0v) is 9.88. The van der Waals surface area contributed by atoms with Crippen LogP contribution in [0.25, 0.3) is 0 Å². The topological polar surface area (TPSA) is 86.5 Å². The predicted octanol–water partition coefficient (Wildman–Crippen LogP) is 1.50. The summed E-state index contributed by atoms with van der Waals surface area (Å²) in [5, 5.41) is 10.7. The molecular weight excluding hydrogens is 238 g/mol. The fourth-order valence-electron chi connectivity index (χ4n) is 1.94. The normalized spacial score (nSPS) is 18.1. The summed E-state index contributed by atoms with van der Waals surface area (Å²) in [6.45, 7) is 3.54. The fourth-order valence-corrected chi connectivity index (χ4v) is 1.94. The molecule has 0 bridgehead atoms. The molecule has 18 heavy (non-hydrogen) atoms. The number of ether oxygens (including phenoxy) is 1. The van der Waals surface area contributed by atoms with Crippen LogP contribution in [-0.2, 0) is 0 Å². The summed E-state index contributed by atoms with van der Waals surface area (Å²) in [6, 6.07) is 2.67. The van der Waals surface area contributed by atoms with Gasteiger partial charge in [0.1, 0.15) is 5.75 Å². The molecule has 0 spiro atoms. The highest BCUT2D eigenvalue weighted by molar-refractivity contribution is 6.29. The highest BCUT2D eigenvalue weighted by atomic mass is 16.6. The Morgan fingerprint density at radius 1 is 1.28 bits per heavy atom. The van der Waals surface area contributed by atoms with E-state index >= 15 is 0 Å². The molecule has 0 fully saturated rings. The van der Waals surface area contributed by atoms with E-state index in [-0.39, 0.29) is 23.0 Å². The third-order valence-electron chi connectivity index (χ3n) is 2.61. The molecule has 2 rings (SSSR count). The van der Waals surface area contributed by atoms with Gasteiger partial charge in [-0.05, 0) is 19.9 Å². The van der Waals surface area contributed by atoms with Crippen LogP contribution >= 0.6 is 0 Å². The molecule has 1 atom stereocenters. The second-order valence-corrected chi connectivity index (χ2v) is 4.26. The number of hydrogen-bond donors (Lipinski definition) is 0. The quantitative estimate of drug-likeness (QED) is 0.460. The number of nitro groups is 1. The summed E-state index contributed by atoms with van der Waals surface area (Å²) in [5.41, 5.74) is 0.0951. The van der Waals surface area contributed by atoms with Gasteiger partial charge in [0.05, 0.1) is 11.7 Å². The van der Waals surface area contributed by atoms with Crippen LogP contribution in [0.4, 0.5) is 0 Å². The highest BCUT2D eigenvalue weighted by Gasteiger charge is 2.49. The summed E-state index contributed by atoms with van der Waals surface area (Å²) in [4.78, 5) is 33.6. The van der Waals surface area contributed by atoms with Crippen LogP contribution in [0.2, 0.25) is 0 Å². The molecule has 0 amide bonds. The minimum Gasteiger partial charge on any atom is -0.490 e. The third-order valence-corrected chi connectivity index (χ3v) is 2.61. The molecule has 1 aromatic carbocycles. The number of Topliss-reactive ketones (excluding diaryl/α,β-unsaturated/α-hetero) is 2. The number of carbonyl (C=O) groups is 2. The van der Waals surface area contributed by atoms with E-state index in [1.165, 1.54) is 12.1 Å². The highest BCUT2D eigenvalue weighted by Crippen LogP contribution is 2.32. The number of hydrogen-bond acceptors (Lipinski definition) is 5. The van der Waals surface area contributed by atoms with E-state index < -0.39 is 22.5 Å². The van der Waals surface area contributed by atoms with Gasteiger partial charge in [0, 0.05) is 10.5 Å². The molecule has 1 unspecified atom stereocenters.